The lowest BCUT2D eigenvalue weighted by Gasteiger charge is -2.19. The van der Waals surface area contributed by atoms with Gasteiger partial charge in [0, 0.05) is 24.6 Å². The lowest BCUT2D eigenvalue weighted by atomic mass is 10.0. The smallest absolute Gasteiger partial charge is 0.160 e. The van der Waals surface area contributed by atoms with Crippen LogP contribution >= 0.6 is 0 Å². The lowest BCUT2D eigenvalue weighted by Crippen LogP contribution is -2.34. The molecule has 2 rings (SSSR count). The summed E-state index contributed by atoms with van der Waals surface area (Å²) in [6.45, 7) is 3.37. The molecule has 0 aromatic heterocycles. The average molecular weight is 279 g/mol. The number of hydrogen-bond donors (Lipinski definition) is 2. The molecule has 1 atom stereocenters. The molecule has 4 nitrogen and oxygen atoms in total. The van der Waals surface area contributed by atoms with Crippen LogP contribution in [0.25, 0.3) is 0 Å². The topological polar surface area (TPSA) is 50.7 Å². The SMILES string of the molecule is COc1ccc(CC(C)NCC2(CO)CC2)cc1OC. The van der Waals surface area contributed by atoms with Crippen LogP contribution in [0.2, 0.25) is 0 Å². The second-order valence-corrected chi connectivity index (χ2v) is 5.83. The Morgan fingerprint density at radius 3 is 2.50 bits per heavy atom. The Kier molecular flexibility index (Phi) is 4.89. The molecule has 0 amide bonds. The number of rotatable bonds is 8. The Balaban J connectivity index is 1.88. The van der Waals surface area contributed by atoms with Crippen LogP contribution in [-0.2, 0) is 6.42 Å². The van der Waals surface area contributed by atoms with E-state index in [1.165, 1.54) is 5.56 Å². The van der Waals surface area contributed by atoms with Crippen molar-refractivity contribution in [2.24, 2.45) is 5.41 Å². The van der Waals surface area contributed by atoms with Crippen molar-refractivity contribution >= 4 is 0 Å². The van der Waals surface area contributed by atoms with Gasteiger partial charge in [-0.05, 0) is 43.9 Å². The van der Waals surface area contributed by atoms with Crippen LogP contribution in [-0.4, -0.2) is 38.5 Å². The molecule has 0 spiro atoms. The van der Waals surface area contributed by atoms with E-state index in [-0.39, 0.29) is 5.41 Å². The molecule has 0 bridgehead atoms. The Bertz CT molecular complexity index is 443. The number of benzene rings is 1. The van der Waals surface area contributed by atoms with Crippen molar-refractivity contribution in [3.63, 3.8) is 0 Å². The highest BCUT2D eigenvalue weighted by molar-refractivity contribution is 5.43. The van der Waals surface area contributed by atoms with Crippen molar-refractivity contribution in [1.29, 1.82) is 0 Å². The molecule has 1 aliphatic carbocycles. The predicted molar refractivity (Wildman–Crippen MR) is 79.5 cm³/mol. The first kappa shape index (κ1) is 15.1. The maximum Gasteiger partial charge on any atom is 0.160 e. The fourth-order valence-corrected chi connectivity index (χ4v) is 2.39. The van der Waals surface area contributed by atoms with Gasteiger partial charge in [0.1, 0.15) is 0 Å². The predicted octanol–water partition coefficient (Wildman–Crippen LogP) is 2.00. The fourth-order valence-electron chi connectivity index (χ4n) is 2.39. The van der Waals surface area contributed by atoms with Crippen LogP contribution in [0, 0.1) is 5.41 Å². The van der Waals surface area contributed by atoms with Gasteiger partial charge in [-0.3, -0.25) is 0 Å². The third kappa shape index (κ3) is 3.64. The third-order valence-electron chi connectivity index (χ3n) is 4.11. The minimum Gasteiger partial charge on any atom is -0.493 e. The van der Waals surface area contributed by atoms with E-state index < -0.39 is 0 Å². The molecule has 1 saturated carbocycles. The van der Waals surface area contributed by atoms with Crippen molar-refractivity contribution in [2.75, 3.05) is 27.4 Å². The van der Waals surface area contributed by atoms with Crippen LogP contribution in [0.1, 0.15) is 25.3 Å². The summed E-state index contributed by atoms with van der Waals surface area (Å²) in [5, 5.41) is 12.8. The van der Waals surface area contributed by atoms with Gasteiger partial charge in [-0.15, -0.1) is 0 Å². The van der Waals surface area contributed by atoms with Gasteiger partial charge in [-0.1, -0.05) is 6.07 Å². The van der Waals surface area contributed by atoms with Crippen LogP contribution in [0.3, 0.4) is 0 Å². The summed E-state index contributed by atoms with van der Waals surface area (Å²) in [4.78, 5) is 0. The third-order valence-corrected chi connectivity index (χ3v) is 4.11. The molecule has 0 saturated heterocycles. The van der Waals surface area contributed by atoms with Crippen molar-refractivity contribution in [2.45, 2.75) is 32.2 Å². The van der Waals surface area contributed by atoms with Crippen LogP contribution < -0.4 is 14.8 Å². The molecule has 1 fully saturated rings. The zero-order chi connectivity index (χ0) is 14.6. The number of nitrogens with one attached hydrogen (secondary N) is 1. The highest BCUT2D eigenvalue weighted by Gasteiger charge is 2.41. The van der Waals surface area contributed by atoms with E-state index in [0.29, 0.717) is 12.6 Å². The Morgan fingerprint density at radius 1 is 1.25 bits per heavy atom. The fraction of sp³-hybridized carbons (Fsp3) is 0.625. The Labute approximate surface area is 121 Å². The Morgan fingerprint density at radius 2 is 1.95 bits per heavy atom. The zero-order valence-corrected chi connectivity index (χ0v) is 12.6. The van der Waals surface area contributed by atoms with Gasteiger partial charge in [-0.2, -0.15) is 0 Å². The monoisotopic (exact) mass is 279 g/mol. The quantitative estimate of drug-likeness (QED) is 0.764. The molecule has 1 aromatic carbocycles. The molecule has 0 radical (unpaired) electrons. The molecule has 1 aromatic rings. The van der Waals surface area contributed by atoms with E-state index >= 15 is 0 Å². The summed E-state index contributed by atoms with van der Waals surface area (Å²) < 4.78 is 10.6. The first-order valence-electron chi connectivity index (χ1n) is 7.17. The van der Waals surface area contributed by atoms with Gasteiger partial charge < -0.3 is 19.9 Å². The first-order valence-corrected chi connectivity index (χ1v) is 7.17. The first-order chi connectivity index (χ1) is 9.62. The maximum atomic E-state index is 9.31. The second kappa shape index (κ2) is 6.46. The number of aliphatic hydroxyl groups is 1. The molecule has 4 heteroatoms. The molecular formula is C16H25NO3. The van der Waals surface area contributed by atoms with Gasteiger partial charge in [0.2, 0.25) is 0 Å². The van der Waals surface area contributed by atoms with Gasteiger partial charge in [0.25, 0.3) is 0 Å². The summed E-state index contributed by atoms with van der Waals surface area (Å²) in [7, 11) is 3.30. The number of hydrogen-bond acceptors (Lipinski definition) is 4. The normalized spacial score (nSPS) is 17.6. The highest BCUT2D eigenvalue weighted by atomic mass is 16.5. The van der Waals surface area contributed by atoms with Gasteiger partial charge >= 0.3 is 0 Å². The van der Waals surface area contributed by atoms with Crippen molar-refractivity contribution < 1.29 is 14.6 Å². The molecule has 20 heavy (non-hydrogen) atoms. The Hall–Kier alpha value is -1.26. The largest absolute Gasteiger partial charge is 0.493 e. The van der Waals surface area contributed by atoms with Crippen molar-refractivity contribution in [1.82, 2.24) is 5.32 Å². The zero-order valence-electron chi connectivity index (χ0n) is 12.6. The summed E-state index contributed by atoms with van der Waals surface area (Å²) in [6.07, 6.45) is 3.21. The minimum absolute atomic E-state index is 0.159. The maximum absolute atomic E-state index is 9.31. The molecular weight excluding hydrogens is 254 g/mol. The van der Waals surface area contributed by atoms with E-state index in [4.69, 9.17) is 9.47 Å². The average Bonchev–Trinajstić information content (AvgIpc) is 3.25. The summed E-state index contributed by atoms with van der Waals surface area (Å²) in [6, 6.07) is 6.41. The summed E-state index contributed by atoms with van der Waals surface area (Å²) in [5.41, 5.74) is 1.38. The second-order valence-electron chi connectivity index (χ2n) is 5.83. The van der Waals surface area contributed by atoms with E-state index in [1.54, 1.807) is 14.2 Å². The minimum atomic E-state index is 0.159. The lowest BCUT2D eigenvalue weighted by molar-refractivity contribution is 0.204. The molecule has 1 aliphatic rings. The molecule has 0 aliphatic heterocycles. The highest BCUT2D eigenvalue weighted by Crippen LogP contribution is 2.44. The molecule has 2 N–H and O–H groups in total. The standard InChI is InChI=1S/C16H25NO3/c1-12(17-10-16(11-18)6-7-16)8-13-4-5-14(19-2)15(9-13)20-3/h4-5,9,12,17-18H,6-8,10-11H2,1-3H3. The van der Waals surface area contributed by atoms with E-state index in [9.17, 15) is 5.11 Å². The molecule has 1 unspecified atom stereocenters. The van der Waals surface area contributed by atoms with E-state index in [2.05, 4.69) is 18.3 Å². The summed E-state index contributed by atoms with van der Waals surface area (Å²) in [5.74, 6) is 1.53. The van der Waals surface area contributed by atoms with Gasteiger partial charge in [-0.25, -0.2) is 0 Å². The van der Waals surface area contributed by atoms with Crippen LogP contribution in [0.5, 0.6) is 11.5 Å². The van der Waals surface area contributed by atoms with Crippen LogP contribution in [0.15, 0.2) is 18.2 Å². The van der Waals surface area contributed by atoms with E-state index in [1.807, 2.05) is 12.1 Å². The van der Waals surface area contributed by atoms with Gasteiger partial charge in [0.05, 0.1) is 14.2 Å². The van der Waals surface area contributed by atoms with Crippen molar-refractivity contribution in [3.05, 3.63) is 23.8 Å². The molecule has 112 valence electrons. The van der Waals surface area contributed by atoms with E-state index in [0.717, 1.165) is 37.3 Å². The van der Waals surface area contributed by atoms with Gasteiger partial charge in [0.15, 0.2) is 11.5 Å². The number of methoxy groups -OCH3 is 2. The van der Waals surface area contributed by atoms with Crippen LogP contribution in [0.4, 0.5) is 0 Å². The number of aliphatic hydroxyl groups excluding tert-OH is 1. The van der Waals surface area contributed by atoms with Crippen molar-refractivity contribution in [3.8, 4) is 11.5 Å². The molecule has 0 heterocycles. The number of ether oxygens (including phenoxy) is 2. The summed E-state index contributed by atoms with van der Waals surface area (Å²) >= 11 is 0.